The molecule has 3 aliphatic heterocycles. The molecule has 2 N–H and O–H groups in total. The number of halogens is 3. The Labute approximate surface area is 155 Å². The number of hydrogen-bond donors (Lipinski definition) is 2. The minimum absolute atomic E-state index is 0.106. The van der Waals surface area contributed by atoms with Gasteiger partial charge in [0.15, 0.2) is 0 Å². The van der Waals surface area contributed by atoms with Crippen molar-refractivity contribution in [3.63, 3.8) is 0 Å². The third-order valence-electron chi connectivity index (χ3n) is 4.97. The molecule has 0 aromatic heterocycles. The first kappa shape index (κ1) is 18.2. The molecule has 3 heterocycles. The molecule has 146 valence electrons. The molecule has 0 saturated carbocycles. The van der Waals surface area contributed by atoms with Gasteiger partial charge in [-0.1, -0.05) is 24.3 Å². The lowest BCUT2D eigenvalue weighted by Gasteiger charge is -2.44. The zero-order chi connectivity index (χ0) is 19.2. The number of benzene rings is 1. The van der Waals surface area contributed by atoms with Crippen LogP contribution >= 0.6 is 0 Å². The van der Waals surface area contributed by atoms with Crippen LogP contribution in [0.2, 0.25) is 0 Å². The Bertz CT molecular complexity index is 880. The van der Waals surface area contributed by atoms with E-state index in [4.69, 9.17) is 0 Å². The quantitative estimate of drug-likeness (QED) is 0.807. The second-order valence-electron chi connectivity index (χ2n) is 6.89. The number of alkyl halides is 3. The zero-order valence-corrected chi connectivity index (χ0v) is 15.1. The Morgan fingerprint density at radius 2 is 1.93 bits per heavy atom. The Hall–Kier alpha value is -2.20. The number of allylic oxidation sites excluding steroid dienone is 2. The van der Waals surface area contributed by atoms with Gasteiger partial charge in [0.05, 0.1) is 12.1 Å². The summed E-state index contributed by atoms with van der Waals surface area (Å²) >= 11 is 0. The Morgan fingerprint density at radius 1 is 1.19 bits per heavy atom. The fourth-order valence-corrected chi connectivity index (χ4v) is 4.35. The van der Waals surface area contributed by atoms with Gasteiger partial charge in [-0.25, -0.2) is 0 Å². The van der Waals surface area contributed by atoms with E-state index in [-0.39, 0.29) is 5.69 Å². The summed E-state index contributed by atoms with van der Waals surface area (Å²) in [5.41, 5.74) is -4.52. The second-order valence-corrected chi connectivity index (χ2v) is 8.56. The molecular formula is C17H19F3N4O2S. The molecule has 0 aliphatic carbocycles. The lowest BCUT2D eigenvalue weighted by atomic mass is 10.0. The van der Waals surface area contributed by atoms with E-state index in [0.717, 1.165) is 31.0 Å². The van der Waals surface area contributed by atoms with Crippen molar-refractivity contribution in [2.75, 3.05) is 24.4 Å². The van der Waals surface area contributed by atoms with Crippen molar-refractivity contribution in [2.24, 2.45) is 0 Å². The van der Waals surface area contributed by atoms with Gasteiger partial charge in [0.2, 0.25) is 0 Å². The molecule has 2 saturated heterocycles. The largest absolute Gasteiger partial charge is 0.516 e. The zero-order valence-electron chi connectivity index (χ0n) is 14.3. The van der Waals surface area contributed by atoms with Gasteiger partial charge in [0, 0.05) is 31.9 Å². The number of hydrogen-bond acceptors (Lipinski definition) is 5. The average molecular weight is 400 g/mol. The van der Waals surface area contributed by atoms with Gasteiger partial charge in [-0.15, -0.1) is 0 Å². The van der Waals surface area contributed by atoms with Gasteiger partial charge in [-0.3, -0.25) is 9.62 Å². The first-order valence-corrected chi connectivity index (χ1v) is 10.0. The van der Waals surface area contributed by atoms with Gasteiger partial charge in [0.25, 0.3) is 0 Å². The van der Waals surface area contributed by atoms with E-state index in [0.29, 0.717) is 18.6 Å². The van der Waals surface area contributed by atoms with Gasteiger partial charge < -0.3 is 10.2 Å². The Kier molecular flexibility index (Phi) is 4.34. The van der Waals surface area contributed by atoms with E-state index >= 15 is 0 Å². The monoisotopic (exact) mass is 400 g/mol. The molecule has 1 aromatic rings. The van der Waals surface area contributed by atoms with Gasteiger partial charge in [0.1, 0.15) is 5.82 Å². The molecule has 1 aromatic carbocycles. The number of nitrogens with zero attached hydrogens (tertiary/aromatic N) is 2. The van der Waals surface area contributed by atoms with Crippen molar-refractivity contribution < 1.29 is 21.6 Å². The van der Waals surface area contributed by atoms with Crippen molar-refractivity contribution in [1.82, 2.24) is 15.1 Å². The fraction of sp³-hybridized carbons (Fsp3) is 0.412. The summed E-state index contributed by atoms with van der Waals surface area (Å²) in [6.07, 6.45) is 6.30. The van der Waals surface area contributed by atoms with E-state index in [9.17, 15) is 21.6 Å². The van der Waals surface area contributed by atoms with E-state index in [2.05, 4.69) is 33.3 Å². The molecule has 0 bridgehead atoms. The summed E-state index contributed by atoms with van der Waals surface area (Å²) in [6.45, 7) is 3.28. The van der Waals surface area contributed by atoms with Crippen molar-refractivity contribution in [3.05, 3.63) is 53.9 Å². The van der Waals surface area contributed by atoms with Crippen LogP contribution in [0, 0.1) is 0 Å². The van der Waals surface area contributed by atoms with Gasteiger partial charge >= 0.3 is 15.5 Å². The number of piperazine rings is 1. The van der Waals surface area contributed by atoms with Crippen molar-refractivity contribution in [3.8, 4) is 0 Å². The van der Waals surface area contributed by atoms with Crippen LogP contribution in [0.15, 0.2) is 48.3 Å². The maximum Gasteiger partial charge on any atom is 0.516 e. The predicted octanol–water partition coefficient (Wildman–Crippen LogP) is 1.82. The molecule has 0 spiro atoms. The third-order valence-corrected chi connectivity index (χ3v) is 6.08. The van der Waals surface area contributed by atoms with E-state index < -0.39 is 15.5 Å². The maximum atomic E-state index is 12.4. The number of nitrogens with one attached hydrogen (secondary N) is 2. The van der Waals surface area contributed by atoms with Crippen LogP contribution < -0.4 is 10.0 Å². The van der Waals surface area contributed by atoms with Crippen LogP contribution in [0.1, 0.15) is 5.56 Å². The maximum absolute atomic E-state index is 12.4. The minimum atomic E-state index is -5.40. The summed E-state index contributed by atoms with van der Waals surface area (Å²) in [4.78, 5) is 4.70. The molecular weight excluding hydrogens is 381 g/mol. The molecule has 27 heavy (non-hydrogen) atoms. The molecule has 0 amide bonds. The number of sulfonamides is 1. The topological polar surface area (TPSA) is 64.7 Å². The van der Waals surface area contributed by atoms with Crippen LogP contribution in [-0.2, 0) is 16.6 Å². The molecule has 2 unspecified atom stereocenters. The normalized spacial score (nSPS) is 25.0. The second kappa shape index (κ2) is 6.45. The number of anilines is 1. The highest BCUT2D eigenvalue weighted by molar-refractivity contribution is 7.93. The van der Waals surface area contributed by atoms with E-state index in [1.165, 1.54) is 12.1 Å². The summed E-state index contributed by atoms with van der Waals surface area (Å²) in [5.74, 6) is 1.16. The smallest absolute Gasteiger partial charge is 0.370 e. The van der Waals surface area contributed by atoms with Crippen molar-refractivity contribution >= 4 is 15.7 Å². The minimum Gasteiger partial charge on any atom is -0.370 e. The van der Waals surface area contributed by atoms with Crippen molar-refractivity contribution in [2.45, 2.75) is 24.1 Å². The van der Waals surface area contributed by atoms with Crippen LogP contribution in [0.25, 0.3) is 0 Å². The first-order chi connectivity index (χ1) is 12.7. The third kappa shape index (κ3) is 3.51. The number of rotatable bonds is 4. The lowest BCUT2D eigenvalue weighted by molar-refractivity contribution is -0.0429. The standard InChI is InChI=1S/C17H19F3N4O2S/c18-17(19,20)27(25,26)22-13-6-4-12(5-7-13)9-23-10-14-2-1-3-16-21-8-15(11-23)24(14)16/h1-7,14-15,21-22H,8-11H2. The Morgan fingerprint density at radius 3 is 2.63 bits per heavy atom. The molecule has 3 aliphatic rings. The van der Waals surface area contributed by atoms with E-state index in [1.54, 1.807) is 16.9 Å². The summed E-state index contributed by atoms with van der Waals surface area (Å²) < 4.78 is 61.2. The van der Waals surface area contributed by atoms with Crippen molar-refractivity contribution in [1.29, 1.82) is 0 Å². The van der Waals surface area contributed by atoms with Crippen LogP contribution in [0.3, 0.4) is 0 Å². The lowest BCUT2D eigenvalue weighted by Crippen LogP contribution is -2.55. The Balaban J connectivity index is 1.41. The van der Waals surface area contributed by atoms with Crippen LogP contribution in [0.4, 0.5) is 18.9 Å². The summed E-state index contributed by atoms with van der Waals surface area (Å²) in [7, 11) is -5.40. The molecule has 10 heteroatoms. The molecule has 6 nitrogen and oxygen atoms in total. The summed E-state index contributed by atoms with van der Waals surface area (Å²) in [6, 6.07) is 6.70. The molecule has 2 atom stereocenters. The average Bonchev–Trinajstić information content (AvgIpc) is 3.00. The highest BCUT2D eigenvalue weighted by Gasteiger charge is 2.46. The van der Waals surface area contributed by atoms with Gasteiger partial charge in [-0.2, -0.15) is 21.6 Å². The predicted molar refractivity (Wildman–Crippen MR) is 95.0 cm³/mol. The summed E-state index contributed by atoms with van der Waals surface area (Å²) in [5, 5.41) is 3.41. The highest BCUT2D eigenvalue weighted by Crippen LogP contribution is 2.29. The molecule has 4 rings (SSSR count). The first-order valence-electron chi connectivity index (χ1n) is 8.54. The SMILES string of the molecule is O=S(=O)(Nc1ccc(CN2CC3C=CC=C4NCC(C2)N43)cc1)C(F)(F)F. The fourth-order valence-electron chi connectivity index (χ4n) is 3.79. The molecule has 0 radical (unpaired) electrons. The highest BCUT2D eigenvalue weighted by atomic mass is 32.2. The van der Waals surface area contributed by atoms with Crippen LogP contribution in [0.5, 0.6) is 0 Å². The molecule has 2 fully saturated rings. The van der Waals surface area contributed by atoms with Gasteiger partial charge in [-0.05, 0) is 23.8 Å². The van der Waals surface area contributed by atoms with E-state index in [1.807, 2.05) is 0 Å². The van der Waals surface area contributed by atoms with Crippen LogP contribution in [-0.4, -0.2) is 55.4 Å².